The van der Waals surface area contributed by atoms with Gasteiger partial charge in [0.15, 0.2) is 0 Å². The lowest BCUT2D eigenvalue weighted by molar-refractivity contribution is -0.0321. The number of allylic oxidation sites excluding steroid dienone is 3. The van der Waals surface area contributed by atoms with Crippen molar-refractivity contribution in [2.75, 3.05) is 7.11 Å². The van der Waals surface area contributed by atoms with Crippen molar-refractivity contribution in [3.05, 3.63) is 81.0 Å². The number of ether oxygens (including phenoxy) is 1. The molecule has 0 spiro atoms. The highest BCUT2D eigenvalue weighted by atomic mass is 35.5. The van der Waals surface area contributed by atoms with Crippen LogP contribution in [0.25, 0.3) is 11.1 Å². The van der Waals surface area contributed by atoms with E-state index in [-0.39, 0.29) is 16.7 Å². The molecule has 2 aromatic rings. The molecule has 1 aliphatic carbocycles. The number of methoxy groups -OCH3 is 1. The number of rotatable bonds is 4. The van der Waals surface area contributed by atoms with Crippen LogP contribution in [0.15, 0.2) is 53.4 Å². The molecule has 1 aliphatic rings. The second-order valence-corrected chi connectivity index (χ2v) is 7.60. The van der Waals surface area contributed by atoms with Crippen LogP contribution in [0, 0.1) is 6.42 Å². The van der Waals surface area contributed by atoms with Crippen LogP contribution < -0.4 is 4.74 Å². The van der Waals surface area contributed by atoms with Gasteiger partial charge < -0.3 is 4.74 Å². The average molecular weight is 430 g/mol. The first-order valence-electron chi connectivity index (χ1n) is 7.92. The molecular weight excluding hydrogens is 416 g/mol. The molecule has 0 fully saturated rings. The lowest BCUT2D eigenvalue weighted by Gasteiger charge is -2.23. The zero-order valence-electron chi connectivity index (χ0n) is 14.1. The summed E-state index contributed by atoms with van der Waals surface area (Å²) in [5.41, 5.74) is -2.12. The van der Waals surface area contributed by atoms with Crippen molar-refractivity contribution in [2.45, 2.75) is 11.9 Å². The fourth-order valence-corrected chi connectivity index (χ4v) is 3.93. The summed E-state index contributed by atoms with van der Waals surface area (Å²) in [5, 5.41) is 0.653. The normalized spacial score (nSPS) is 15.0. The van der Waals surface area contributed by atoms with E-state index in [0.29, 0.717) is 44.5 Å². The van der Waals surface area contributed by atoms with Crippen molar-refractivity contribution in [2.24, 2.45) is 0 Å². The Morgan fingerprint density at radius 2 is 1.63 bits per heavy atom. The van der Waals surface area contributed by atoms with Crippen LogP contribution in [-0.4, -0.2) is 12.6 Å². The molecule has 7 heteroatoms. The quantitative estimate of drug-likeness (QED) is 0.493. The molecule has 0 amide bonds. The highest BCUT2D eigenvalue weighted by Crippen LogP contribution is 2.49. The van der Waals surface area contributed by atoms with Crippen molar-refractivity contribution in [3.63, 3.8) is 0 Å². The maximum absolute atomic E-state index is 13.3. The molecule has 0 bridgehead atoms. The molecule has 0 aromatic heterocycles. The van der Waals surface area contributed by atoms with Gasteiger partial charge in [0.25, 0.3) is 0 Å². The van der Waals surface area contributed by atoms with Gasteiger partial charge in [0.05, 0.1) is 17.2 Å². The van der Waals surface area contributed by atoms with Gasteiger partial charge >= 0.3 is 5.51 Å². The van der Waals surface area contributed by atoms with Gasteiger partial charge in [-0.3, -0.25) is 0 Å². The number of hydrogen-bond donors (Lipinski definition) is 0. The lowest BCUT2D eigenvalue weighted by atomic mass is 9.90. The van der Waals surface area contributed by atoms with Crippen molar-refractivity contribution in [1.29, 1.82) is 0 Å². The zero-order chi connectivity index (χ0) is 19.6. The molecule has 0 aliphatic heterocycles. The number of benzene rings is 2. The summed E-state index contributed by atoms with van der Waals surface area (Å²) < 4.78 is 45.0. The molecule has 2 aromatic carbocycles. The van der Waals surface area contributed by atoms with Crippen LogP contribution in [0.5, 0.6) is 5.75 Å². The van der Waals surface area contributed by atoms with Crippen molar-refractivity contribution >= 4 is 46.1 Å². The molecule has 1 radical (unpaired) electrons. The monoisotopic (exact) mass is 429 g/mol. The van der Waals surface area contributed by atoms with E-state index >= 15 is 0 Å². The lowest BCUT2D eigenvalue weighted by Crippen LogP contribution is -2.07. The van der Waals surface area contributed by atoms with Gasteiger partial charge in [-0.1, -0.05) is 47.5 Å². The number of thioether (sulfide) groups is 1. The standard InChI is InChI=1S/C20H14Cl2F3OS/c1-26-14-8-5-12(6-9-14)15-3-2-4-16(19(15)27-20(23,24)25)13-7-10-17(21)18(22)11-13/h3-11H,2H2,1H3. The third-order valence-electron chi connectivity index (χ3n) is 3.98. The summed E-state index contributed by atoms with van der Waals surface area (Å²) >= 11 is 11.9. The summed E-state index contributed by atoms with van der Waals surface area (Å²) in [6.07, 6.45) is 4.07. The fourth-order valence-electron chi connectivity index (χ4n) is 2.78. The van der Waals surface area contributed by atoms with Gasteiger partial charge in [-0.25, -0.2) is 0 Å². The molecule has 0 N–H and O–H groups in total. The first-order chi connectivity index (χ1) is 12.8. The maximum atomic E-state index is 13.3. The average Bonchev–Trinajstić information content (AvgIpc) is 2.63. The molecule has 0 saturated heterocycles. The van der Waals surface area contributed by atoms with Gasteiger partial charge in [-0.05, 0) is 71.1 Å². The second kappa shape index (κ2) is 8.21. The van der Waals surface area contributed by atoms with Gasteiger partial charge in [-0.15, -0.1) is 0 Å². The SMILES string of the molecule is COc1ccc(C2=C(SC(F)(F)F)C(c3ccc(Cl)c(Cl)c3)=CC[CH]2)cc1. The summed E-state index contributed by atoms with van der Waals surface area (Å²) in [6.45, 7) is 0. The Bertz CT molecular complexity index is 902. The van der Waals surface area contributed by atoms with Gasteiger partial charge in [0.2, 0.25) is 0 Å². The minimum absolute atomic E-state index is 0.124. The molecule has 0 heterocycles. The van der Waals surface area contributed by atoms with Crippen LogP contribution >= 0.6 is 35.0 Å². The van der Waals surface area contributed by atoms with Gasteiger partial charge in [0, 0.05) is 4.91 Å². The largest absolute Gasteiger partial charge is 0.497 e. The van der Waals surface area contributed by atoms with E-state index < -0.39 is 5.51 Å². The molecule has 141 valence electrons. The third-order valence-corrected chi connectivity index (χ3v) is 5.60. The molecule has 1 nitrogen and oxygen atoms in total. The van der Waals surface area contributed by atoms with E-state index in [9.17, 15) is 13.2 Å². The predicted octanol–water partition coefficient (Wildman–Crippen LogP) is 7.66. The van der Waals surface area contributed by atoms with Gasteiger partial charge in [0.1, 0.15) is 5.75 Å². The van der Waals surface area contributed by atoms with E-state index in [4.69, 9.17) is 27.9 Å². The number of halogens is 5. The van der Waals surface area contributed by atoms with E-state index in [2.05, 4.69) is 0 Å². The predicted molar refractivity (Wildman–Crippen MR) is 107 cm³/mol. The minimum atomic E-state index is -4.42. The van der Waals surface area contributed by atoms with Crippen LogP contribution in [0.3, 0.4) is 0 Å². The first kappa shape index (κ1) is 20.2. The Hall–Kier alpha value is -1.56. The Balaban J connectivity index is 2.12. The maximum Gasteiger partial charge on any atom is 0.446 e. The molecule has 27 heavy (non-hydrogen) atoms. The zero-order valence-corrected chi connectivity index (χ0v) is 16.4. The Morgan fingerprint density at radius 1 is 0.963 bits per heavy atom. The molecule has 0 unspecified atom stereocenters. The first-order valence-corrected chi connectivity index (χ1v) is 9.49. The summed E-state index contributed by atoms with van der Waals surface area (Å²) in [6, 6.07) is 11.8. The van der Waals surface area contributed by atoms with Gasteiger partial charge in [-0.2, -0.15) is 13.2 Å². The van der Waals surface area contributed by atoms with E-state index in [1.807, 2.05) is 0 Å². The molecule has 3 rings (SSSR count). The molecule has 0 saturated carbocycles. The number of hydrogen-bond acceptors (Lipinski definition) is 2. The fraction of sp³-hybridized carbons (Fsp3) is 0.150. The smallest absolute Gasteiger partial charge is 0.446 e. The topological polar surface area (TPSA) is 9.23 Å². The van der Waals surface area contributed by atoms with E-state index in [0.717, 1.165) is 0 Å². The highest BCUT2D eigenvalue weighted by molar-refractivity contribution is 8.04. The Kier molecular flexibility index (Phi) is 6.14. The summed E-state index contributed by atoms with van der Waals surface area (Å²) in [7, 11) is 1.54. The van der Waals surface area contributed by atoms with Crippen LogP contribution in [0.2, 0.25) is 10.0 Å². The second-order valence-electron chi connectivity index (χ2n) is 5.71. The van der Waals surface area contributed by atoms with E-state index in [1.165, 1.54) is 7.11 Å². The van der Waals surface area contributed by atoms with Crippen LogP contribution in [-0.2, 0) is 0 Å². The van der Waals surface area contributed by atoms with E-state index in [1.54, 1.807) is 55.0 Å². The number of alkyl halides is 3. The summed E-state index contributed by atoms with van der Waals surface area (Å²) in [5.74, 6) is 0.639. The van der Waals surface area contributed by atoms with Crippen LogP contribution in [0.1, 0.15) is 17.5 Å². The van der Waals surface area contributed by atoms with Crippen molar-refractivity contribution < 1.29 is 17.9 Å². The van der Waals surface area contributed by atoms with Crippen LogP contribution in [0.4, 0.5) is 13.2 Å². The Morgan fingerprint density at radius 3 is 2.22 bits per heavy atom. The van der Waals surface area contributed by atoms with Crippen molar-refractivity contribution in [3.8, 4) is 5.75 Å². The summed E-state index contributed by atoms with van der Waals surface area (Å²) in [4.78, 5) is 0.136. The Labute approximate surface area is 169 Å². The third kappa shape index (κ3) is 4.84. The molecule has 0 atom stereocenters. The highest BCUT2D eigenvalue weighted by Gasteiger charge is 2.34. The molecular formula is C20H14Cl2F3OS. The minimum Gasteiger partial charge on any atom is -0.497 e. The van der Waals surface area contributed by atoms with Crippen molar-refractivity contribution in [1.82, 2.24) is 0 Å².